The van der Waals surface area contributed by atoms with Crippen LogP contribution in [0.15, 0.2) is 18.2 Å². The van der Waals surface area contributed by atoms with E-state index in [9.17, 15) is 0 Å². The lowest BCUT2D eigenvalue weighted by atomic mass is 10.2. The minimum absolute atomic E-state index is 0.402. The summed E-state index contributed by atoms with van der Waals surface area (Å²) in [5.74, 6) is 0. The predicted molar refractivity (Wildman–Crippen MR) is 70.7 cm³/mol. The van der Waals surface area contributed by atoms with Crippen LogP contribution in [0.2, 0.25) is 0 Å². The fourth-order valence-corrected chi connectivity index (χ4v) is 2.72. The van der Waals surface area contributed by atoms with Gasteiger partial charge in [0, 0.05) is 24.3 Å². The second kappa shape index (κ2) is 5.61. The van der Waals surface area contributed by atoms with Crippen molar-refractivity contribution in [1.29, 1.82) is 0 Å². The molecular weight excluding hydrogens is 210 g/mol. The summed E-state index contributed by atoms with van der Waals surface area (Å²) in [4.78, 5) is 7.09. The average molecular weight is 233 g/mol. The van der Waals surface area contributed by atoms with Crippen LogP contribution in [0.5, 0.6) is 0 Å². The van der Waals surface area contributed by atoms with Crippen molar-refractivity contribution in [3.8, 4) is 0 Å². The van der Waals surface area contributed by atoms with Gasteiger partial charge in [-0.2, -0.15) is 0 Å². The van der Waals surface area contributed by atoms with E-state index in [0.717, 1.165) is 25.2 Å². The van der Waals surface area contributed by atoms with Crippen LogP contribution >= 0.6 is 0 Å². The molecule has 1 aromatic heterocycles. The number of hydrogen-bond donors (Lipinski definition) is 1. The third-order valence-electron chi connectivity index (χ3n) is 3.68. The number of aromatic nitrogens is 1. The molecule has 2 unspecified atom stereocenters. The highest BCUT2D eigenvalue weighted by atomic mass is 15.2. The zero-order valence-corrected chi connectivity index (χ0v) is 10.9. The lowest BCUT2D eigenvalue weighted by Gasteiger charge is -2.27. The Morgan fingerprint density at radius 1 is 1.41 bits per heavy atom. The van der Waals surface area contributed by atoms with Gasteiger partial charge in [0.05, 0.1) is 5.69 Å². The molecule has 0 spiro atoms. The van der Waals surface area contributed by atoms with E-state index in [1.165, 1.54) is 18.5 Å². The largest absolute Gasteiger partial charge is 0.328 e. The van der Waals surface area contributed by atoms with E-state index in [1.54, 1.807) is 0 Å². The van der Waals surface area contributed by atoms with Gasteiger partial charge in [-0.25, -0.2) is 0 Å². The molecule has 1 aliphatic rings. The van der Waals surface area contributed by atoms with Gasteiger partial charge in [0.25, 0.3) is 0 Å². The van der Waals surface area contributed by atoms with Crippen molar-refractivity contribution < 1.29 is 0 Å². The standard InChI is InChI=1S/C14H23N3/c1-3-17(14-8-7-12(15)9-14)10-13-6-4-5-11(2)16-13/h4-6,12,14H,3,7-10,15H2,1-2H3. The maximum Gasteiger partial charge on any atom is 0.0547 e. The zero-order valence-electron chi connectivity index (χ0n) is 10.9. The molecule has 1 saturated carbocycles. The molecule has 1 aliphatic carbocycles. The molecule has 0 saturated heterocycles. The van der Waals surface area contributed by atoms with Crippen LogP contribution in [0, 0.1) is 6.92 Å². The lowest BCUT2D eigenvalue weighted by molar-refractivity contribution is 0.196. The number of nitrogens with zero attached hydrogens (tertiary/aromatic N) is 2. The van der Waals surface area contributed by atoms with Gasteiger partial charge in [0.2, 0.25) is 0 Å². The first-order valence-corrected chi connectivity index (χ1v) is 6.61. The Labute approximate surface area is 104 Å². The molecule has 0 bridgehead atoms. The van der Waals surface area contributed by atoms with E-state index >= 15 is 0 Å². The van der Waals surface area contributed by atoms with Crippen molar-refractivity contribution in [2.75, 3.05) is 6.54 Å². The monoisotopic (exact) mass is 233 g/mol. The summed E-state index contributed by atoms with van der Waals surface area (Å²) in [6.07, 6.45) is 3.54. The number of aryl methyl sites for hydroxylation is 1. The van der Waals surface area contributed by atoms with Crippen molar-refractivity contribution >= 4 is 0 Å². The molecular formula is C14H23N3. The first-order valence-electron chi connectivity index (χ1n) is 6.61. The molecule has 17 heavy (non-hydrogen) atoms. The Bertz CT molecular complexity index is 364. The van der Waals surface area contributed by atoms with Crippen LogP contribution in [-0.2, 0) is 6.54 Å². The Balaban J connectivity index is 2.00. The van der Waals surface area contributed by atoms with E-state index in [1.807, 2.05) is 13.0 Å². The summed E-state index contributed by atoms with van der Waals surface area (Å²) in [5, 5.41) is 0. The quantitative estimate of drug-likeness (QED) is 0.866. The summed E-state index contributed by atoms with van der Waals surface area (Å²) in [7, 11) is 0. The molecule has 3 heteroatoms. The number of nitrogens with two attached hydrogens (primary N) is 1. The van der Waals surface area contributed by atoms with Gasteiger partial charge >= 0.3 is 0 Å². The van der Waals surface area contributed by atoms with E-state index in [2.05, 4.69) is 28.9 Å². The van der Waals surface area contributed by atoms with Crippen molar-refractivity contribution in [2.45, 2.75) is 51.7 Å². The third kappa shape index (κ3) is 3.27. The van der Waals surface area contributed by atoms with E-state index in [-0.39, 0.29) is 0 Å². The summed E-state index contributed by atoms with van der Waals surface area (Å²) in [5.41, 5.74) is 8.27. The second-order valence-corrected chi connectivity index (χ2v) is 5.06. The first-order chi connectivity index (χ1) is 8.19. The molecule has 1 fully saturated rings. The number of rotatable bonds is 4. The minimum Gasteiger partial charge on any atom is -0.328 e. The molecule has 0 aromatic carbocycles. The summed E-state index contributed by atoms with van der Waals surface area (Å²) < 4.78 is 0. The first kappa shape index (κ1) is 12.5. The molecule has 94 valence electrons. The number of pyridine rings is 1. The van der Waals surface area contributed by atoms with Gasteiger partial charge in [0.1, 0.15) is 0 Å². The maximum atomic E-state index is 5.99. The van der Waals surface area contributed by atoms with Crippen LogP contribution in [0.25, 0.3) is 0 Å². The Morgan fingerprint density at radius 2 is 2.24 bits per heavy atom. The molecule has 2 atom stereocenters. The molecule has 3 nitrogen and oxygen atoms in total. The average Bonchev–Trinajstić information content (AvgIpc) is 2.73. The van der Waals surface area contributed by atoms with Gasteiger partial charge in [-0.05, 0) is 44.9 Å². The smallest absolute Gasteiger partial charge is 0.0547 e. The molecule has 1 aromatic rings. The molecule has 2 N–H and O–H groups in total. The Morgan fingerprint density at radius 3 is 2.82 bits per heavy atom. The highest BCUT2D eigenvalue weighted by Gasteiger charge is 2.26. The van der Waals surface area contributed by atoms with Crippen molar-refractivity contribution in [3.05, 3.63) is 29.6 Å². The van der Waals surface area contributed by atoms with Gasteiger partial charge in [-0.1, -0.05) is 13.0 Å². The number of hydrogen-bond acceptors (Lipinski definition) is 3. The summed E-state index contributed by atoms with van der Waals surface area (Å²) >= 11 is 0. The van der Waals surface area contributed by atoms with Gasteiger partial charge in [-0.15, -0.1) is 0 Å². The Hall–Kier alpha value is -0.930. The highest BCUT2D eigenvalue weighted by molar-refractivity contribution is 5.10. The predicted octanol–water partition coefficient (Wildman–Crippen LogP) is 2.09. The van der Waals surface area contributed by atoms with Crippen LogP contribution in [0.3, 0.4) is 0 Å². The van der Waals surface area contributed by atoms with Crippen LogP contribution in [0.1, 0.15) is 37.6 Å². The van der Waals surface area contributed by atoms with Crippen LogP contribution < -0.4 is 5.73 Å². The highest BCUT2D eigenvalue weighted by Crippen LogP contribution is 2.23. The van der Waals surface area contributed by atoms with Gasteiger partial charge in [-0.3, -0.25) is 9.88 Å². The molecule has 0 amide bonds. The topological polar surface area (TPSA) is 42.2 Å². The molecule has 1 heterocycles. The van der Waals surface area contributed by atoms with Gasteiger partial charge < -0.3 is 5.73 Å². The van der Waals surface area contributed by atoms with Crippen molar-refractivity contribution in [1.82, 2.24) is 9.88 Å². The second-order valence-electron chi connectivity index (χ2n) is 5.06. The molecule has 2 rings (SSSR count). The third-order valence-corrected chi connectivity index (χ3v) is 3.68. The van der Waals surface area contributed by atoms with Crippen LogP contribution in [0.4, 0.5) is 0 Å². The van der Waals surface area contributed by atoms with Gasteiger partial charge in [0.15, 0.2) is 0 Å². The molecule has 0 radical (unpaired) electrons. The van der Waals surface area contributed by atoms with Crippen LogP contribution in [-0.4, -0.2) is 28.5 Å². The van der Waals surface area contributed by atoms with Crippen molar-refractivity contribution in [3.63, 3.8) is 0 Å². The van der Waals surface area contributed by atoms with Crippen molar-refractivity contribution in [2.24, 2.45) is 5.73 Å². The molecule has 0 aliphatic heterocycles. The minimum atomic E-state index is 0.402. The SMILES string of the molecule is CCN(Cc1cccc(C)n1)C1CCC(N)C1. The zero-order chi connectivity index (χ0) is 12.3. The maximum absolute atomic E-state index is 5.99. The normalized spacial score (nSPS) is 24.5. The lowest BCUT2D eigenvalue weighted by Crippen LogP contribution is -2.34. The fourth-order valence-electron chi connectivity index (χ4n) is 2.72. The van der Waals surface area contributed by atoms with E-state index in [0.29, 0.717) is 12.1 Å². The summed E-state index contributed by atoms with van der Waals surface area (Å²) in [6.45, 7) is 6.30. The fraction of sp³-hybridized carbons (Fsp3) is 0.643. The Kier molecular flexibility index (Phi) is 4.13. The van der Waals surface area contributed by atoms with E-state index < -0.39 is 0 Å². The van der Waals surface area contributed by atoms with E-state index in [4.69, 9.17) is 5.73 Å². The summed E-state index contributed by atoms with van der Waals surface area (Å²) in [6, 6.07) is 7.30.